The third-order valence-electron chi connectivity index (χ3n) is 16.6. The molecule has 0 unspecified atom stereocenters. The minimum Gasteiger partial charge on any atom is -0.453 e. The number of benzene rings is 11. The fourth-order valence-corrected chi connectivity index (χ4v) is 13.0. The normalized spacial score (nSPS) is 15.2. The van der Waals surface area contributed by atoms with E-state index in [4.69, 9.17) is 37.7 Å². The molecule has 0 bridgehead atoms. The molecule has 11 nitrogen and oxygen atoms in total. The second-order valence-electron chi connectivity index (χ2n) is 22.5. The number of halogens is 2. The molecule has 0 radical (unpaired) electrons. The Kier molecular flexibility index (Phi) is 12.2. The number of rotatable bonds is 3. The molecule has 0 aliphatic carbocycles. The minimum atomic E-state index is -0.494. The van der Waals surface area contributed by atoms with Gasteiger partial charge in [0.05, 0.1) is 45.3 Å². The van der Waals surface area contributed by atoms with Gasteiger partial charge in [-0.05, 0) is 189 Å². The molecule has 18 rings (SSSR count). The highest BCUT2D eigenvalue weighted by molar-refractivity contribution is 9.11. The summed E-state index contributed by atoms with van der Waals surface area (Å²) in [6, 6.07) is 77.5. The van der Waals surface area contributed by atoms with Crippen molar-refractivity contribution in [2.24, 2.45) is 0 Å². The fourth-order valence-electron chi connectivity index (χ4n) is 11.9. The summed E-state index contributed by atoms with van der Waals surface area (Å²) in [5, 5.41) is 0. The second-order valence-corrected chi connectivity index (χ2v) is 24.4. The highest BCUT2D eigenvalue weighted by Gasteiger charge is 2.52. The molecule has 1 fully saturated rings. The lowest BCUT2D eigenvalue weighted by Crippen LogP contribution is -2.41. The number of hydrogen-bond acceptors (Lipinski definition) is 11. The molecule has 418 valence electrons. The summed E-state index contributed by atoms with van der Waals surface area (Å²) in [7, 11) is -0.494. The standard InChI is InChI=1S/C42H24N2O4.C24H22BNO4.C6H4Br2/c1-5-16-33-29(12-1)43-30-13-2-6-17-34(30)46-38-22-27(21-37(45-33)41(38)43)25-10-9-11-26(20-25)28-23-39-42-40(24-28)48-36-19-8-4-15-32(36)44(42)31-14-3-7-18-35(31)47-39;1-23(2)24(3,4)30-25(29-23)15-13-20-22-21(14-15)28-19-12-8-6-10-17(19)26(22)16-9-5-7-11-18(16)27-20;7-5-2-1-3-6(8)4-5/h1-24H;5-14H,1-4H3;1-4H. The molecular formula is C72H50BBr2N3O8. The Balaban J connectivity index is 0.000000134. The summed E-state index contributed by atoms with van der Waals surface area (Å²) >= 11 is 6.66. The smallest absolute Gasteiger partial charge is 0.453 e. The number of anilines is 9. The van der Waals surface area contributed by atoms with Crippen molar-refractivity contribution in [1.29, 1.82) is 0 Å². The first-order chi connectivity index (χ1) is 41.9. The van der Waals surface area contributed by atoms with E-state index in [1.54, 1.807) is 0 Å². The number of fused-ring (bicyclic) bond motifs is 12. The minimum absolute atomic E-state index is 0.419. The van der Waals surface area contributed by atoms with E-state index in [-0.39, 0.29) is 0 Å². The lowest BCUT2D eigenvalue weighted by atomic mass is 9.78. The second kappa shape index (κ2) is 20.1. The number of ether oxygens (including phenoxy) is 6. The van der Waals surface area contributed by atoms with Crippen molar-refractivity contribution in [3.8, 4) is 91.2 Å². The Bertz CT molecular complexity index is 4200. The lowest BCUT2D eigenvalue weighted by molar-refractivity contribution is 0.00578. The molecule has 0 N–H and O–H groups in total. The maximum absolute atomic E-state index is 6.52. The van der Waals surface area contributed by atoms with Gasteiger partial charge in [0.25, 0.3) is 0 Å². The van der Waals surface area contributed by atoms with Crippen molar-refractivity contribution in [1.82, 2.24) is 0 Å². The van der Waals surface area contributed by atoms with Crippen LogP contribution in [0.3, 0.4) is 0 Å². The highest BCUT2D eigenvalue weighted by atomic mass is 79.9. The SMILES string of the molecule is Brc1cccc(Br)c1.CC1(C)OB(c2cc3c4c(c2)Oc2ccccc2N4c2ccccc2O3)OC1(C)C.c1cc(-c2cc3c4c(c2)Oc2ccccc2N4c2ccccc2O3)cc(-c2cc3c4c(c2)Oc2ccccc2N4c2ccccc2O3)c1. The lowest BCUT2D eigenvalue weighted by Gasteiger charge is -2.38. The first-order valence-electron chi connectivity index (χ1n) is 28.3. The van der Waals surface area contributed by atoms with E-state index in [2.05, 4.69) is 159 Å². The summed E-state index contributed by atoms with van der Waals surface area (Å²) in [5.74, 6) is 9.28. The van der Waals surface area contributed by atoms with Crippen LogP contribution in [0, 0.1) is 0 Å². The first-order valence-corrected chi connectivity index (χ1v) is 29.9. The molecule has 0 aromatic heterocycles. The number of para-hydroxylation sites is 12. The molecule has 14 heteroatoms. The molecule has 86 heavy (non-hydrogen) atoms. The van der Waals surface area contributed by atoms with E-state index in [1.807, 2.05) is 146 Å². The van der Waals surface area contributed by atoms with Gasteiger partial charge in [0.15, 0.2) is 69.0 Å². The topological polar surface area (TPSA) is 83.6 Å². The van der Waals surface area contributed by atoms with E-state index in [1.165, 1.54) is 0 Å². The Morgan fingerprint density at radius 3 is 0.826 bits per heavy atom. The molecule has 0 spiro atoms. The maximum atomic E-state index is 6.52. The quantitative estimate of drug-likeness (QED) is 0.159. The number of nitrogens with zero attached hydrogens (tertiary/aromatic N) is 3. The van der Waals surface area contributed by atoms with E-state index in [9.17, 15) is 0 Å². The third-order valence-corrected chi connectivity index (χ3v) is 17.6. The van der Waals surface area contributed by atoms with Gasteiger partial charge in [-0.3, -0.25) is 14.7 Å². The summed E-state index contributed by atoms with van der Waals surface area (Å²) < 4.78 is 53.5. The van der Waals surface area contributed by atoms with Crippen molar-refractivity contribution in [3.63, 3.8) is 0 Å². The van der Waals surface area contributed by atoms with Crippen LogP contribution >= 0.6 is 31.9 Å². The first kappa shape index (κ1) is 52.1. The van der Waals surface area contributed by atoms with Crippen LogP contribution in [-0.4, -0.2) is 18.3 Å². The highest BCUT2D eigenvalue weighted by Crippen LogP contribution is 2.63. The predicted octanol–water partition coefficient (Wildman–Crippen LogP) is 21.3. The average Bonchev–Trinajstić information content (AvgIpc) is 0.907. The van der Waals surface area contributed by atoms with Crippen LogP contribution in [-0.2, 0) is 9.31 Å². The van der Waals surface area contributed by atoms with Gasteiger partial charge in [-0.15, -0.1) is 0 Å². The summed E-state index contributed by atoms with van der Waals surface area (Å²) in [4.78, 5) is 6.68. The average molecular weight is 1260 g/mol. The number of hydrogen-bond donors (Lipinski definition) is 0. The maximum Gasteiger partial charge on any atom is 0.495 e. The van der Waals surface area contributed by atoms with E-state index in [0.717, 1.165) is 157 Å². The fraction of sp³-hybridized carbons (Fsp3) is 0.0833. The Labute approximate surface area is 514 Å². The van der Waals surface area contributed by atoms with Gasteiger partial charge >= 0.3 is 7.12 Å². The van der Waals surface area contributed by atoms with E-state index < -0.39 is 18.3 Å². The summed E-state index contributed by atoms with van der Waals surface area (Å²) in [5.41, 5.74) is 12.7. The molecule has 11 aromatic carbocycles. The van der Waals surface area contributed by atoms with Gasteiger partial charge in [-0.2, -0.15) is 0 Å². The van der Waals surface area contributed by atoms with Crippen LogP contribution in [0.2, 0.25) is 0 Å². The molecule has 7 aliphatic rings. The van der Waals surface area contributed by atoms with Crippen LogP contribution in [0.15, 0.2) is 239 Å². The van der Waals surface area contributed by atoms with Gasteiger partial charge in [0.1, 0.15) is 17.1 Å². The molecule has 0 atom stereocenters. The van der Waals surface area contributed by atoms with E-state index in [0.29, 0.717) is 0 Å². The monoisotopic (exact) mass is 1250 g/mol. The molecule has 1 saturated heterocycles. The zero-order chi connectivity index (χ0) is 58.0. The molecular weight excluding hydrogens is 1210 g/mol. The van der Waals surface area contributed by atoms with Gasteiger partial charge in [-0.1, -0.05) is 129 Å². The molecule has 7 heterocycles. The molecule has 0 amide bonds. The summed E-state index contributed by atoms with van der Waals surface area (Å²) in [6.07, 6.45) is 0. The predicted molar refractivity (Wildman–Crippen MR) is 346 cm³/mol. The van der Waals surface area contributed by atoms with Gasteiger partial charge in [0, 0.05) is 8.95 Å². The van der Waals surface area contributed by atoms with Crippen molar-refractivity contribution in [2.75, 3.05) is 14.7 Å². The zero-order valence-electron chi connectivity index (χ0n) is 46.9. The van der Waals surface area contributed by atoms with Crippen LogP contribution in [0.1, 0.15) is 27.7 Å². The molecule has 0 saturated carbocycles. The van der Waals surface area contributed by atoms with E-state index >= 15 is 0 Å². The van der Waals surface area contributed by atoms with Crippen LogP contribution in [0.25, 0.3) is 22.3 Å². The zero-order valence-corrected chi connectivity index (χ0v) is 50.1. The largest absolute Gasteiger partial charge is 0.495 e. The molecule has 7 aliphatic heterocycles. The molecule has 11 aromatic rings. The van der Waals surface area contributed by atoms with Crippen molar-refractivity contribution in [3.05, 3.63) is 239 Å². The Morgan fingerprint density at radius 2 is 0.547 bits per heavy atom. The van der Waals surface area contributed by atoms with Crippen LogP contribution in [0.4, 0.5) is 51.2 Å². The van der Waals surface area contributed by atoms with Gasteiger partial charge in [-0.25, -0.2) is 0 Å². The van der Waals surface area contributed by atoms with Crippen molar-refractivity contribution < 1.29 is 37.7 Å². The van der Waals surface area contributed by atoms with Crippen LogP contribution in [0.5, 0.6) is 69.0 Å². The summed E-state index contributed by atoms with van der Waals surface area (Å²) in [6.45, 7) is 8.21. The third kappa shape index (κ3) is 8.68. The van der Waals surface area contributed by atoms with Crippen molar-refractivity contribution >= 4 is 95.6 Å². The van der Waals surface area contributed by atoms with Crippen molar-refractivity contribution in [2.45, 2.75) is 38.9 Å². The van der Waals surface area contributed by atoms with Gasteiger partial charge in [0.2, 0.25) is 0 Å². The van der Waals surface area contributed by atoms with Crippen LogP contribution < -0.4 is 48.6 Å². The Hall–Kier alpha value is -9.44. The van der Waals surface area contributed by atoms with Gasteiger partial charge < -0.3 is 37.7 Å². The Morgan fingerprint density at radius 1 is 0.279 bits per heavy atom.